The molecular weight excluding hydrogens is 286 g/mol. The zero-order chi connectivity index (χ0) is 12.8. The summed E-state index contributed by atoms with van der Waals surface area (Å²) >= 11 is 3.28. The number of nitrogens with one attached hydrogen (secondary N) is 1. The highest BCUT2D eigenvalue weighted by atomic mass is 79.9. The van der Waals surface area contributed by atoms with Gasteiger partial charge in [-0.15, -0.1) is 0 Å². The van der Waals surface area contributed by atoms with Gasteiger partial charge >= 0.3 is 0 Å². The van der Waals surface area contributed by atoms with Crippen molar-refractivity contribution in [1.82, 2.24) is 0 Å². The second-order valence-corrected chi connectivity index (χ2v) is 4.35. The fourth-order valence-electron chi connectivity index (χ4n) is 1.30. The van der Waals surface area contributed by atoms with Crippen molar-refractivity contribution in [1.29, 1.82) is 0 Å². The molecule has 0 bridgehead atoms. The molecule has 0 radical (unpaired) electrons. The molecule has 0 aliphatic rings. The standard InChI is InChI=1S/C12H14BrNO3/c1-3-17-7-12(16)14-11-5-4-9(13)6-10(11)8(2)15/h4-6H,3,7H2,1-2H3,(H,14,16). The smallest absolute Gasteiger partial charge is 0.250 e. The van der Waals surface area contributed by atoms with Crippen LogP contribution in [0.4, 0.5) is 5.69 Å². The molecule has 1 aromatic carbocycles. The van der Waals surface area contributed by atoms with Gasteiger partial charge in [-0.25, -0.2) is 0 Å². The number of amides is 1. The van der Waals surface area contributed by atoms with Crippen molar-refractivity contribution in [2.75, 3.05) is 18.5 Å². The van der Waals surface area contributed by atoms with Gasteiger partial charge in [0.2, 0.25) is 5.91 Å². The van der Waals surface area contributed by atoms with Crippen molar-refractivity contribution in [3.63, 3.8) is 0 Å². The van der Waals surface area contributed by atoms with Crippen molar-refractivity contribution in [3.05, 3.63) is 28.2 Å². The Morgan fingerprint density at radius 2 is 2.12 bits per heavy atom. The van der Waals surface area contributed by atoms with Gasteiger partial charge in [0.05, 0.1) is 5.69 Å². The Hall–Kier alpha value is -1.20. The van der Waals surface area contributed by atoms with Crippen molar-refractivity contribution in [2.24, 2.45) is 0 Å². The highest BCUT2D eigenvalue weighted by Gasteiger charge is 2.10. The predicted octanol–water partition coefficient (Wildman–Crippen LogP) is 2.63. The number of hydrogen-bond donors (Lipinski definition) is 1. The molecule has 17 heavy (non-hydrogen) atoms. The molecule has 0 fully saturated rings. The predicted molar refractivity (Wildman–Crippen MR) is 69.3 cm³/mol. The Morgan fingerprint density at radius 1 is 1.41 bits per heavy atom. The lowest BCUT2D eigenvalue weighted by molar-refractivity contribution is -0.120. The molecule has 0 saturated carbocycles. The largest absolute Gasteiger partial charge is 0.372 e. The second kappa shape index (κ2) is 6.51. The Bertz CT molecular complexity index is 432. The number of rotatable bonds is 5. The Labute approximate surface area is 108 Å². The minimum absolute atomic E-state index is 0.0100. The first-order valence-electron chi connectivity index (χ1n) is 5.22. The molecule has 0 aliphatic carbocycles. The first-order chi connectivity index (χ1) is 8.04. The van der Waals surface area contributed by atoms with Crippen molar-refractivity contribution >= 4 is 33.3 Å². The maximum absolute atomic E-state index is 11.5. The number of Topliss-reactive ketones (excluding diaryl/α,β-unsaturated/α-hetero) is 1. The van der Waals surface area contributed by atoms with Crippen LogP contribution >= 0.6 is 15.9 Å². The third-order valence-corrected chi connectivity index (χ3v) is 2.57. The van der Waals surface area contributed by atoms with E-state index in [4.69, 9.17) is 4.74 Å². The molecule has 0 saturated heterocycles. The van der Waals surface area contributed by atoms with Gasteiger partial charge < -0.3 is 10.1 Å². The van der Waals surface area contributed by atoms with Crippen LogP contribution in [0.2, 0.25) is 0 Å². The molecule has 0 atom stereocenters. The highest BCUT2D eigenvalue weighted by molar-refractivity contribution is 9.10. The van der Waals surface area contributed by atoms with E-state index in [-0.39, 0.29) is 18.3 Å². The number of ether oxygens (including phenoxy) is 1. The maximum Gasteiger partial charge on any atom is 0.250 e. The zero-order valence-electron chi connectivity index (χ0n) is 9.75. The summed E-state index contributed by atoms with van der Waals surface area (Å²) in [4.78, 5) is 22.9. The first kappa shape index (κ1) is 13.9. The molecule has 5 heteroatoms. The summed E-state index contributed by atoms with van der Waals surface area (Å²) in [5.74, 6) is -0.366. The van der Waals surface area contributed by atoms with Gasteiger partial charge in [-0.1, -0.05) is 15.9 Å². The number of halogens is 1. The summed E-state index contributed by atoms with van der Waals surface area (Å²) in [7, 11) is 0. The Kier molecular flexibility index (Phi) is 5.31. The van der Waals surface area contributed by atoms with E-state index in [1.807, 2.05) is 6.92 Å². The van der Waals surface area contributed by atoms with Crippen LogP contribution in [0.15, 0.2) is 22.7 Å². The summed E-state index contributed by atoms with van der Waals surface area (Å²) in [6.45, 7) is 3.74. The summed E-state index contributed by atoms with van der Waals surface area (Å²) in [5, 5.41) is 2.65. The summed E-state index contributed by atoms with van der Waals surface area (Å²) in [5.41, 5.74) is 0.981. The average Bonchev–Trinajstić information content (AvgIpc) is 2.28. The molecule has 1 rings (SSSR count). The van der Waals surface area contributed by atoms with E-state index in [0.717, 1.165) is 4.47 Å². The van der Waals surface area contributed by atoms with E-state index >= 15 is 0 Å². The molecule has 0 aromatic heterocycles. The fourth-order valence-corrected chi connectivity index (χ4v) is 1.66. The van der Waals surface area contributed by atoms with Crippen molar-refractivity contribution in [2.45, 2.75) is 13.8 Å². The quantitative estimate of drug-likeness (QED) is 0.850. The van der Waals surface area contributed by atoms with Gasteiger partial charge in [0.1, 0.15) is 6.61 Å². The van der Waals surface area contributed by atoms with E-state index in [9.17, 15) is 9.59 Å². The minimum atomic E-state index is -0.267. The second-order valence-electron chi connectivity index (χ2n) is 3.43. The third kappa shape index (κ3) is 4.28. The number of carbonyl (C=O) groups excluding carboxylic acids is 2. The van der Waals surface area contributed by atoms with Crippen LogP contribution in [0.3, 0.4) is 0 Å². The lowest BCUT2D eigenvalue weighted by atomic mass is 10.1. The first-order valence-corrected chi connectivity index (χ1v) is 6.02. The number of benzene rings is 1. The van der Waals surface area contributed by atoms with E-state index in [0.29, 0.717) is 17.9 Å². The van der Waals surface area contributed by atoms with Gasteiger partial charge in [0.15, 0.2) is 5.78 Å². The maximum atomic E-state index is 11.5. The average molecular weight is 300 g/mol. The molecule has 4 nitrogen and oxygen atoms in total. The van der Waals surface area contributed by atoms with Gasteiger partial charge in [-0.05, 0) is 32.0 Å². The van der Waals surface area contributed by atoms with Gasteiger partial charge in [-0.3, -0.25) is 9.59 Å². The lowest BCUT2D eigenvalue weighted by Crippen LogP contribution is -2.19. The van der Waals surface area contributed by atoms with Crippen LogP contribution in [0, 0.1) is 0 Å². The van der Waals surface area contributed by atoms with E-state index in [2.05, 4.69) is 21.2 Å². The minimum Gasteiger partial charge on any atom is -0.372 e. The summed E-state index contributed by atoms with van der Waals surface area (Å²) < 4.78 is 5.78. The van der Waals surface area contributed by atoms with Crippen molar-refractivity contribution in [3.8, 4) is 0 Å². The molecule has 1 amide bonds. The Morgan fingerprint density at radius 3 is 2.71 bits per heavy atom. The molecule has 92 valence electrons. The topological polar surface area (TPSA) is 55.4 Å². The van der Waals surface area contributed by atoms with E-state index in [1.54, 1.807) is 18.2 Å². The fraction of sp³-hybridized carbons (Fsp3) is 0.333. The van der Waals surface area contributed by atoms with Crippen LogP contribution in [0.1, 0.15) is 24.2 Å². The van der Waals surface area contributed by atoms with Gasteiger partial charge in [-0.2, -0.15) is 0 Å². The van der Waals surface area contributed by atoms with Crippen LogP contribution < -0.4 is 5.32 Å². The molecule has 0 spiro atoms. The van der Waals surface area contributed by atoms with Crippen LogP contribution in [0.5, 0.6) is 0 Å². The van der Waals surface area contributed by atoms with Crippen LogP contribution in [0.25, 0.3) is 0 Å². The molecule has 0 heterocycles. The van der Waals surface area contributed by atoms with Gasteiger partial charge in [0.25, 0.3) is 0 Å². The molecule has 0 unspecified atom stereocenters. The van der Waals surface area contributed by atoms with E-state index in [1.165, 1.54) is 6.92 Å². The number of ketones is 1. The van der Waals surface area contributed by atoms with Crippen LogP contribution in [-0.2, 0) is 9.53 Å². The molecular formula is C12H14BrNO3. The molecule has 1 N–H and O–H groups in total. The monoisotopic (exact) mass is 299 g/mol. The molecule has 1 aromatic rings. The third-order valence-electron chi connectivity index (χ3n) is 2.07. The van der Waals surface area contributed by atoms with Crippen molar-refractivity contribution < 1.29 is 14.3 Å². The zero-order valence-corrected chi connectivity index (χ0v) is 11.3. The summed E-state index contributed by atoms with van der Waals surface area (Å²) in [6, 6.07) is 5.13. The normalized spacial score (nSPS) is 10.1. The number of hydrogen-bond acceptors (Lipinski definition) is 3. The van der Waals surface area contributed by atoms with E-state index < -0.39 is 0 Å². The summed E-state index contributed by atoms with van der Waals surface area (Å²) in [6.07, 6.45) is 0. The SMILES string of the molecule is CCOCC(=O)Nc1ccc(Br)cc1C(C)=O. The number of anilines is 1. The van der Waals surface area contributed by atoms with Gasteiger partial charge in [0, 0.05) is 16.6 Å². The number of carbonyl (C=O) groups is 2. The Balaban J connectivity index is 2.83. The lowest BCUT2D eigenvalue weighted by Gasteiger charge is -2.09. The molecule has 0 aliphatic heterocycles. The highest BCUT2D eigenvalue weighted by Crippen LogP contribution is 2.21. The van der Waals surface area contributed by atoms with Crippen LogP contribution in [-0.4, -0.2) is 24.9 Å².